The van der Waals surface area contributed by atoms with Crippen LogP contribution in [-0.4, -0.2) is 39.3 Å². The normalized spacial score (nSPS) is 16.3. The van der Waals surface area contributed by atoms with E-state index in [0.29, 0.717) is 18.0 Å². The van der Waals surface area contributed by atoms with Crippen LogP contribution in [0.15, 0.2) is 24.3 Å². The van der Waals surface area contributed by atoms with E-state index in [-0.39, 0.29) is 30.3 Å². The summed E-state index contributed by atoms with van der Waals surface area (Å²) in [6.07, 6.45) is 2.17. The third kappa shape index (κ3) is 5.39. The van der Waals surface area contributed by atoms with Gasteiger partial charge in [-0.3, -0.25) is 4.79 Å². The Balaban J connectivity index is 0.00000242. The molecule has 124 valence electrons. The van der Waals surface area contributed by atoms with Crippen molar-refractivity contribution in [1.29, 1.82) is 0 Å². The van der Waals surface area contributed by atoms with Gasteiger partial charge in [0.2, 0.25) is 0 Å². The number of rotatable bonds is 6. The molecule has 1 aliphatic rings. The topological polar surface area (TPSA) is 59.6 Å². The van der Waals surface area contributed by atoms with E-state index < -0.39 is 0 Å². The number of benzene rings is 1. The van der Waals surface area contributed by atoms with Gasteiger partial charge in [-0.25, -0.2) is 0 Å². The Labute approximate surface area is 138 Å². The van der Waals surface area contributed by atoms with Crippen LogP contribution in [0.2, 0.25) is 0 Å². The molecule has 1 aromatic rings. The molecular weight excluding hydrogens is 304 g/mol. The minimum absolute atomic E-state index is 0. The Hall–Kier alpha value is -1.46. The first-order valence-corrected chi connectivity index (χ1v) is 7.36. The van der Waals surface area contributed by atoms with E-state index in [9.17, 15) is 4.79 Å². The van der Waals surface area contributed by atoms with Crippen LogP contribution in [-0.2, 0) is 4.79 Å². The number of piperidine rings is 1. The Morgan fingerprint density at radius 1 is 1.27 bits per heavy atom. The maximum atomic E-state index is 11.9. The predicted octanol–water partition coefficient (Wildman–Crippen LogP) is 2.00. The molecule has 1 amide bonds. The molecule has 2 N–H and O–H groups in total. The van der Waals surface area contributed by atoms with Gasteiger partial charge >= 0.3 is 0 Å². The van der Waals surface area contributed by atoms with Crippen LogP contribution in [0.3, 0.4) is 0 Å². The second kappa shape index (κ2) is 8.86. The molecule has 0 atom stereocenters. The van der Waals surface area contributed by atoms with Gasteiger partial charge in [-0.1, -0.05) is 19.1 Å². The van der Waals surface area contributed by atoms with Gasteiger partial charge in [0.15, 0.2) is 18.1 Å². The molecule has 1 saturated heterocycles. The average Bonchev–Trinajstić information content (AvgIpc) is 2.52. The maximum absolute atomic E-state index is 11.9. The van der Waals surface area contributed by atoms with Gasteiger partial charge in [0.05, 0.1) is 7.11 Å². The Bertz CT molecular complexity index is 476. The lowest BCUT2D eigenvalue weighted by Crippen LogP contribution is -2.43. The minimum atomic E-state index is -0.0966. The first-order chi connectivity index (χ1) is 10.1. The minimum Gasteiger partial charge on any atom is -0.493 e. The Kier molecular flexibility index (Phi) is 7.48. The van der Waals surface area contributed by atoms with E-state index in [1.165, 1.54) is 0 Å². The fourth-order valence-electron chi connectivity index (χ4n) is 2.45. The Morgan fingerprint density at radius 2 is 1.91 bits per heavy atom. The molecule has 2 rings (SSSR count). The number of halogens is 1. The molecule has 22 heavy (non-hydrogen) atoms. The summed E-state index contributed by atoms with van der Waals surface area (Å²) in [5.74, 6) is 1.12. The van der Waals surface area contributed by atoms with Gasteiger partial charge in [0.25, 0.3) is 5.91 Å². The molecule has 1 aliphatic heterocycles. The van der Waals surface area contributed by atoms with Crippen LogP contribution >= 0.6 is 12.4 Å². The second-order valence-corrected chi connectivity index (χ2v) is 5.78. The Morgan fingerprint density at radius 3 is 2.55 bits per heavy atom. The molecular formula is C16H25ClN2O3. The van der Waals surface area contributed by atoms with E-state index in [2.05, 4.69) is 17.6 Å². The number of nitrogens with one attached hydrogen (secondary N) is 2. The van der Waals surface area contributed by atoms with Crippen molar-refractivity contribution < 1.29 is 14.3 Å². The van der Waals surface area contributed by atoms with E-state index in [1.54, 1.807) is 13.2 Å². The van der Waals surface area contributed by atoms with Crippen LogP contribution in [0.1, 0.15) is 19.8 Å². The van der Waals surface area contributed by atoms with Gasteiger partial charge < -0.3 is 20.1 Å². The van der Waals surface area contributed by atoms with E-state index in [1.807, 2.05) is 18.2 Å². The number of carbonyl (C=O) groups excluding carboxylic acids is 1. The third-order valence-electron chi connectivity index (χ3n) is 3.95. The van der Waals surface area contributed by atoms with Gasteiger partial charge in [-0.15, -0.1) is 12.4 Å². The number of amides is 1. The number of ether oxygens (including phenoxy) is 2. The lowest BCUT2D eigenvalue weighted by Gasteiger charge is -2.34. The monoisotopic (exact) mass is 328 g/mol. The van der Waals surface area contributed by atoms with Crippen LogP contribution in [0.4, 0.5) is 0 Å². The van der Waals surface area contributed by atoms with Crippen LogP contribution in [0, 0.1) is 5.41 Å². The van der Waals surface area contributed by atoms with Crippen molar-refractivity contribution in [3.8, 4) is 11.5 Å². The first kappa shape index (κ1) is 18.6. The summed E-state index contributed by atoms with van der Waals surface area (Å²) in [4.78, 5) is 11.9. The summed E-state index contributed by atoms with van der Waals surface area (Å²) in [5.41, 5.74) is 0.186. The summed E-state index contributed by atoms with van der Waals surface area (Å²) >= 11 is 0. The van der Waals surface area contributed by atoms with Crippen molar-refractivity contribution in [2.24, 2.45) is 5.41 Å². The van der Waals surface area contributed by atoms with E-state index in [0.717, 1.165) is 25.9 Å². The highest BCUT2D eigenvalue weighted by Gasteiger charge is 2.26. The maximum Gasteiger partial charge on any atom is 0.257 e. The highest BCUT2D eigenvalue weighted by atomic mass is 35.5. The molecule has 0 spiro atoms. The number of para-hydroxylation sites is 2. The molecule has 1 aromatic carbocycles. The van der Waals surface area contributed by atoms with Crippen molar-refractivity contribution in [3.63, 3.8) is 0 Å². The number of hydrogen-bond acceptors (Lipinski definition) is 4. The summed E-state index contributed by atoms with van der Waals surface area (Å²) in [5, 5.41) is 6.30. The van der Waals surface area contributed by atoms with Crippen molar-refractivity contribution >= 4 is 18.3 Å². The smallest absolute Gasteiger partial charge is 0.257 e. The molecule has 1 heterocycles. The van der Waals surface area contributed by atoms with Crippen molar-refractivity contribution in [3.05, 3.63) is 24.3 Å². The highest BCUT2D eigenvalue weighted by molar-refractivity contribution is 5.85. The lowest BCUT2D eigenvalue weighted by molar-refractivity contribution is -0.123. The van der Waals surface area contributed by atoms with Crippen molar-refractivity contribution in [1.82, 2.24) is 10.6 Å². The van der Waals surface area contributed by atoms with Crippen LogP contribution < -0.4 is 20.1 Å². The molecule has 1 fully saturated rings. The first-order valence-electron chi connectivity index (χ1n) is 7.36. The summed E-state index contributed by atoms with van der Waals surface area (Å²) in [6, 6.07) is 7.32. The molecule has 5 nitrogen and oxygen atoms in total. The second-order valence-electron chi connectivity index (χ2n) is 5.78. The molecule has 0 bridgehead atoms. The quantitative estimate of drug-likeness (QED) is 0.838. The zero-order valence-corrected chi connectivity index (χ0v) is 14.0. The van der Waals surface area contributed by atoms with E-state index >= 15 is 0 Å². The highest BCUT2D eigenvalue weighted by Crippen LogP contribution is 2.27. The molecule has 0 aliphatic carbocycles. The van der Waals surface area contributed by atoms with Crippen molar-refractivity contribution in [2.75, 3.05) is 33.4 Å². The molecule has 6 heteroatoms. The molecule has 0 radical (unpaired) electrons. The van der Waals surface area contributed by atoms with Gasteiger partial charge in [0, 0.05) is 6.54 Å². The number of hydrogen-bond donors (Lipinski definition) is 2. The molecule has 0 saturated carbocycles. The zero-order chi connectivity index (χ0) is 15.1. The SMILES string of the molecule is COc1ccccc1OCC(=O)NCC1(C)CCNCC1.Cl. The van der Waals surface area contributed by atoms with Crippen LogP contribution in [0.5, 0.6) is 11.5 Å². The standard InChI is InChI=1S/C16H24N2O3.ClH/c1-16(7-9-17-10-8-16)12-18-15(19)11-21-14-6-4-3-5-13(14)20-2;/h3-6,17H,7-12H2,1-2H3,(H,18,19);1H. The molecule has 0 unspecified atom stereocenters. The average molecular weight is 329 g/mol. The largest absolute Gasteiger partial charge is 0.493 e. The van der Waals surface area contributed by atoms with Gasteiger partial charge in [-0.05, 0) is 43.5 Å². The molecule has 0 aromatic heterocycles. The van der Waals surface area contributed by atoms with Gasteiger partial charge in [0.1, 0.15) is 0 Å². The zero-order valence-electron chi connectivity index (χ0n) is 13.2. The van der Waals surface area contributed by atoms with Crippen LogP contribution in [0.25, 0.3) is 0 Å². The van der Waals surface area contributed by atoms with Crippen molar-refractivity contribution in [2.45, 2.75) is 19.8 Å². The summed E-state index contributed by atoms with van der Waals surface area (Å²) in [7, 11) is 1.58. The lowest BCUT2D eigenvalue weighted by atomic mass is 9.81. The fraction of sp³-hybridized carbons (Fsp3) is 0.562. The summed E-state index contributed by atoms with van der Waals surface area (Å²) in [6.45, 7) is 4.96. The third-order valence-corrected chi connectivity index (χ3v) is 3.95. The number of carbonyl (C=O) groups is 1. The van der Waals surface area contributed by atoms with E-state index in [4.69, 9.17) is 9.47 Å². The summed E-state index contributed by atoms with van der Waals surface area (Å²) < 4.78 is 10.7. The number of methoxy groups -OCH3 is 1. The predicted molar refractivity (Wildman–Crippen MR) is 89.0 cm³/mol. The van der Waals surface area contributed by atoms with Gasteiger partial charge in [-0.2, -0.15) is 0 Å². The fourth-order valence-corrected chi connectivity index (χ4v) is 2.45.